The van der Waals surface area contributed by atoms with Crippen molar-refractivity contribution in [3.63, 3.8) is 0 Å². The molecule has 2 aromatic carbocycles. The lowest BCUT2D eigenvalue weighted by molar-refractivity contribution is 0.0973. The van der Waals surface area contributed by atoms with E-state index in [1.807, 2.05) is 35.9 Å². The summed E-state index contributed by atoms with van der Waals surface area (Å²) in [7, 11) is 1.86. The summed E-state index contributed by atoms with van der Waals surface area (Å²) in [4.78, 5) is 25.7. The van der Waals surface area contributed by atoms with Gasteiger partial charge in [-0.05, 0) is 55.0 Å². The molecule has 39 heavy (non-hydrogen) atoms. The number of hydrogen-bond acceptors (Lipinski definition) is 6. The number of aromatic nitrogens is 5. The SMILES string of the molecule is Cc1cc(-c2c3nn(C)nc3c(-c3cc(C)c(C(C)C)s3)c3c2nc2n3C(=O)c3ccccc3-2)sc1C(C)C. The number of aryl methyl sites for hydroxylation is 3. The maximum absolute atomic E-state index is 14.0. The van der Waals surface area contributed by atoms with Crippen LogP contribution in [-0.2, 0) is 7.05 Å². The van der Waals surface area contributed by atoms with E-state index in [0.29, 0.717) is 23.2 Å². The Morgan fingerprint density at radius 3 is 1.87 bits per heavy atom. The van der Waals surface area contributed by atoms with Crippen molar-refractivity contribution in [3.05, 3.63) is 62.8 Å². The van der Waals surface area contributed by atoms with Crippen LogP contribution in [0.15, 0.2) is 36.4 Å². The molecular formula is C31H29N5OS2. The third kappa shape index (κ3) is 3.37. The van der Waals surface area contributed by atoms with Gasteiger partial charge < -0.3 is 0 Å². The van der Waals surface area contributed by atoms with Gasteiger partial charge >= 0.3 is 0 Å². The molecule has 0 unspecified atom stereocenters. The Bertz CT molecular complexity index is 1980. The van der Waals surface area contributed by atoms with Crippen LogP contribution in [0.5, 0.6) is 0 Å². The van der Waals surface area contributed by atoms with Gasteiger partial charge in [0.05, 0.1) is 11.1 Å². The van der Waals surface area contributed by atoms with E-state index >= 15 is 0 Å². The molecule has 0 amide bonds. The number of benzene rings is 2. The number of carbonyl (C=O) groups is 1. The third-order valence-electron chi connectivity index (χ3n) is 7.59. The van der Waals surface area contributed by atoms with E-state index in [9.17, 15) is 4.79 Å². The second-order valence-electron chi connectivity index (χ2n) is 11.1. The van der Waals surface area contributed by atoms with E-state index in [1.165, 1.54) is 20.9 Å². The number of thiophene rings is 2. The average Bonchev–Trinajstić information content (AvgIpc) is 3.68. The van der Waals surface area contributed by atoms with Crippen LogP contribution in [0.25, 0.3) is 54.3 Å². The van der Waals surface area contributed by atoms with Crippen molar-refractivity contribution in [2.24, 2.45) is 7.05 Å². The van der Waals surface area contributed by atoms with Crippen LogP contribution in [0.4, 0.5) is 0 Å². The number of fused-ring (bicyclic) bond motifs is 6. The van der Waals surface area contributed by atoms with E-state index in [0.717, 1.165) is 48.5 Å². The van der Waals surface area contributed by atoms with Crippen molar-refractivity contribution in [3.8, 4) is 32.3 Å². The summed E-state index contributed by atoms with van der Waals surface area (Å²) in [6.45, 7) is 13.2. The van der Waals surface area contributed by atoms with Gasteiger partial charge in [-0.3, -0.25) is 9.36 Å². The van der Waals surface area contributed by atoms with Crippen molar-refractivity contribution in [2.75, 3.05) is 0 Å². The molecule has 0 spiro atoms. The van der Waals surface area contributed by atoms with Gasteiger partial charge in [0.15, 0.2) is 0 Å². The zero-order valence-electron chi connectivity index (χ0n) is 23.1. The highest BCUT2D eigenvalue weighted by Crippen LogP contribution is 2.50. The van der Waals surface area contributed by atoms with Gasteiger partial charge in [0.25, 0.3) is 5.91 Å². The largest absolute Gasteiger partial charge is 0.268 e. The normalized spacial score (nSPS) is 13.0. The zero-order chi connectivity index (χ0) is 27.3. The Morgan fingerprint density at radius 1 is 0.769 bits per heavy atom. The number of nitrogens with zero attached hydrogens (tertiary/aromatic N) is 5. The second kappa shape index (κ2) is 8.44. The number of hydrogen-bond donors (Lipinski definition) is 0. The summed E-state index contributed by atoms with van der Waals surface area (Å²) < 4.78 is 1.82. The average molecular weight is 552 g/mol. The summed E-state index contributed by atoms with van der Waals surface area (Å²) in [5.74, 6) is 1.47. The molecule has 1 aliphatic heterocycles. The van der Waals surface area contributed by atoms with E-state index in [4.69, 9.17) is 15.2 Å². The molecule has 6 aromatic rings. The van der Waals surface area contributed by atoms with Gasteiger partial charge in [-0.25, -0.2) is 4.98 Å². The molecule has 0 aliphatic carbocycles. The highest BCUT2D eigenvalue weighted by molar-refractivity contribution is 7.16. The monoisotopic (exact) mass is 551 g/mol. The molecule has 0 saturated carbocycles. The molecule has 7 rings (SSSR count). The minimum atomic E-state index is -0.0406. The predicted octanol–water partition coefficient (Wildman–Crippen LogP) is 8.31. The minimum Gasteiger partial charge on any atom is -0.268 e. The van der Waals surface area contributed by atoms with Gasteiger partial charge in [-0.1, -0.05) is 45.9 Å². The van der Waals surface area contributed by atoms with Gasteiger partial charge in [0.2, 0.25) is 0 Å². The summed E-state index contributed by atoms with van der Waals surface area (Å²) in [5.41, 5.74) is 9.24. The van der Waals surface area contributed by atoms with Crippen LogP contribution in [0.2, 0.25) is 0 Å². The molecule has 0 radical (unpaired) electrons. The minimum absolute atomic E-state index is 0.0406. The first-order valence-corrected chi connectivity index (χ1v) is 14.9. The van der Waals surface area contributed by atoms with Crippen molar-refractivity contribution in [1.29, 1.82) is 0 Å². The highest BCUT2D eigenvalue weighted by Gasteiger charge is 2.35. The Kier molecular flexibility index (Phi) is 5.28. The Morgan fingerprint density at radius 2 is 1.31 bits per heavy atom. The molecule has 0 N–H and O–H groups in total. The number of rotatable bonds is 4. The molecule has 0 bridgehead atoms. The van der Waals surface area contributed by atoms with Gasteiger partial charge in [-0.2, -0.15) is 15.0 Å². The first-order chi connectivity index (χ1) is 18.7. The van der Waals surface area contributed by atoms with Crippen molar-refractivity contribution in [2.45, 2.75) is 53.4 Å². The van der Waals surface area contributed by atoms with Crippen LogP contribution < -0.4 is 0 Å². The van der Waals surface area contributed by atoms with Gasteiger partial charge in [-0.15, -0.1) is 22.7 Å². The molecule has 6 nitrogen and oxygen atoms in total. The number of carbonyl (C=O) groups excluding carboxylic acids is 1. The van der Waals surface area contributed by atoms with Crippen LogP contribution in [0.1, 0.15) is 70.8 Å². The maximum atomic E-state index is 14.0. The Labute approximate surface area is 234 Å². The van der Waals surface area contributed by atoms with E-state index in [2.05, 4.69) is 53.7 Å². The molecular weight excluding hydrogens is 523 g/mol. The summed E-state index contributed by atoms with van der Waals surface area (Å²) >= 11 is 3.57. The highest BCUT2D eigenvalue weighted by atomic mass is 32.1. The fourth-order valence-corrected chi connectivity index (χ4v) is 8.46. The number of imidazole rings is 1. The lowest BCUT2D eigenvalue weighted by Gasteiger charge is -2.09. The molecule has 0 atom stereocenters. The van der Waals surface area contributed by atoms with Crippen LogP contribution >= 0.6 is 22.7 Å². The molecule has 5 heterocycles. The summed E-state index contributed by atoms with van der Waals surface area (Å²) in [6, 6.07) is 12.3. The van der Waals surface area contributed by atoms with Crippen molar-refractivity contribution >= 4 is 50.6 Å². The van der Waals surface area contributed by atoms with E-state index < -0.39 is 0 Å². The van der Waals surface area contributed by atoms with Crippen LogP contribution in [0.3, 0.4) is 0 Å². The molecule has 0 fully saturated rings. The van der Waals surface area contributed by atoms with Crippen LogP contribution in [-0.4, -0.2) is 30.5 Å². The van der Waals surface area contributed by atoms with E-state index in [-0.39, 0.29) is 5.91 Å². The van der Waals surface area contributed by atoms with Crippen molar-refractivity contribution < 1.29 is 4.79 Å². The van der Waals surface area contributed by atoms with Gasteiger partial charge in [0, 0.05) is 43.2 Å². The van der Waals surface area contributed by atoms with Crippen LogP contribution in [0, 0.1) is 13.8 Å². The molecule has 8 heteroatoms. The molecule has 4 aromatic heterocycles. The topological polar surface area (TPSA) is 65.6 Å². The zero-order valence-corrected chi connectivity index (χ0v) is 24.7. The summed E-state index contributed by atoms with van der Waals surface area (Å²) in [6.07, 6.45) is 0. The predicted molar refractivity (Wildman–Crippen MR) is 161 cm³/mol. The third-order valence-corrected chi connectivity index (χ3v) is 10.7. The fourth-order valence-electron chi connectivity index (χ4n) is 6.01. The molecule has 0 saturated heterocycles. The fraction of sp³-hybridized carbons (Fsp3) is 0.290. The first kappa shape index (κ1) is 24.4. The van der Waals surface area contributed by atoms with Gasteiger partial charge in [0.1, 0.15) is 22.4 Å². The Hall–Kier alpha value is -3.62. The molecule has 196 valence electrons. The lowest BCUT2D eigenvalue weighted by Crippen LogP contribution is -2.07. The smallest absolute Gasteiger partial charge is 0.264 e. The first-order valence-electron chi connectivity index (χ1n) is 13.3. The quantitative estimate of drug-likeness (QED) is 0.221. The maximum Gasteiger partial charge on any atom is 0.264 e. The van der Waals surface area contributed by atoms with E-state index in [1.54, 1.807) is 27.5 Å². The standard InChI is InChI=1S/C31H29N5OS2/c1-14(2)28-16(5)12-20(38-28)22-24-25(34-35(7)33-24)23(21-13-17(6)29(39-21)15(3)4)27-26(22)32-30-18-10-8-9-11-19(18)31(37)36(27)30/h8-15H,1-7H3. The Balaban J connectivity index is 1.68. The molecule has 1 aliphatic rings. The summed E-state index contributed by atoms with van der Waals surface area (Å²) in [5, 5.41) is 9.82. The second-order valence-corrected chi connectivity index (χ2v) is 13.2. The lowest BCUT2D eigenvalue weighted by atomic mass is 10.0. The van der Waals surface area contributed by atoms with Crippen molar-refractivity contribution in [1.82, 2.24) is 24.5 Å².